The van der Waals surface area contributed by atoms with Crippen LogP contribution in [0.1, 0.15) is 125 Å². The Bertz CT molecular complexity index is 520. The molecule has 0 amide bonds. The van der Waals surface area contributed by atoms with Crippen LogP contribution in [0, 0.1) is 52.3 Å². The average molecular weight is 387 g/mol. The van der Waals surface area contributed by atoms with Gasteiger partial charge in [-0.1, -0.05) is 73.1 Å². The highest BCUT2D eigenvalue weighted by atomic mass is 14.6. The molecule has 0 aromatic carbocycles. The molecule has 28 heavy (non-hydrogen) atoms. The largest absolute Gasteiger partial charge is 0.0628 e. The van der Waals surface area contributed by atoms with Crippen molar-refractivity contribution in [3.05, 3.63) is 0 Å². The summed E-state index contributed by atoms with van der Waals surface area (Å²) in [4.78, 5) is 0. The van der Waals surface area contributed by atoms with Gasteiger partial charge in [0.2, 0.25) is 0 Å². The molecule has 0 N–H and O–H groups in total. The fourth-order valence-electron chi connectivity index (χ4n) is 9.50. The summed E-state index contributed by atoms with van der Waals surface area (Å²) in [6.07, 6.45) is 21.4. The van der Waals surface area contributed by atoms with Gasteiger partial charge in [0.05, 0.1) is 0 Å². The Morgan fingerprint density at radius 1 is 0.714 bits per heavy atom. The quantitative estimate of drug-likeness (QED) is 0.442. The highest BCUT2D eigenvalue weighted by Gasteiger charge is 2.59. The van der Waals surface area contributed by atoms with Crippen LogP contribution in [0.5, 0.6) is 0 Å². The first-order valence-corrected chi connectivity index (χ1v) is 13.4. The number of hydrogen-bond acceptors (Lipinski definition) is 0. The summed E-state index contributed by atoms with van der Waals surface area (Å²) >= 11 is 0. The molecule has 0 heterocycles. The molecule has 4 fully saturated rings. The fourth-order valence-corrected chi connectivity index (χ4v) is 9.50. The van der Waals surface area contributed by atoms with Gasteiger partial charge in [-0.05, 0) is 104 Å². The number of rotatable bonds is 5. The zero-order valence-corrected chi connectivity index (χ0v) is 19.9. The van der Waals surface area contributed by atoms with E-state index in [1.54, 1.807) is 51.4 Å². The van der Waals surface area contributed by atoms with Gasteiger partial charge in [0.25, 0.3) is 0 Å². The predicted octanol–water partition coefficient (Wildman–Crippen LogP) is 8.89. The maximum atomic E-state index is 2.76. The molecule has 0 heteroatoms. The lowest BCUT2D eigenvalue weighted by Gasteiger charge is -2.59. The molecule has 0 aromatic heterocycles. The van der Waals surface area contributed by atoms with E-state index in [9.17, 15) is 0 Å². The summed E-state index contributed by atoms with van der Waals surface area (Å²) in [5.74, 6) is 7.12. The summed E-state index contributed by atoms with van der Waals surface area (Å²) in [5.41, 5.74) is 1.37. The second-order valence-corrected chi connectivity index (χ2v) is 12.8. The molecule has 0 radical (unpaired) electrons. The van der Waals surface area contributed by atoms with Crippen LogP contribution < -0.4 is 0 Å². The minimum absolute atomic E-state index is 0.673. The van der Waals surface area contributed by atoms with Crippen LogP contribution in [0.25, 0.3) is 0 Å². The smallest absolute Gasteiger partial charge is 0.0264 e. The zero-order valence-electron chi connectivity index (χ0n) is 19.9. The van der Waals surface area contributed by atoms with Crippen molar-refractivity contribution in [2.45, 2.75) is 125 Å². The first kappa shape index (κ1) is 21.2. The van der Waals surface area contributed by atoms with Gasteiger partial charge in [-0.2, -0.15) is 0 Å². The van der Waals surface area contributed by atoms with E-state index in [0.717, 1.165) is 41.4 Å². The van der Waals surface area contributed by atoms with Gasteiger partial charge >= 0.3 is 0 Å². The summed E-state index contributed by atoms with van der Waals surface area (Å²) < 4.78 is 0. The normalized spacial score (nSPS) is 47.1. The van der Waals surface area contributed by atoms with E-state index in [1.807, 2.05) is 0 Å². The minimum atomic E-state index is 0.673. The van der Waals surface area contributed by atoms with Gasteiger partial charge in [0.1, 0.15) is 0 Å². The Labute approximate surface area is 177 Å². The van der Waals surface area contributed by atoms with Crippen LogP contribution in [0.15, 0.2) is 0 Å². The Balaban J connectivity index is 1.47. The third-order valence-electron chi connectivity index (χ3n) is 11.0. The maximum Gasteiger partial charge on any atom is -0.0264 e. The van der Waals surface area contributed by atoms with Crippen LogP contribution in [-0.4, -0.2) is 0 Å². The molecule has 4 rings (SSSR count). The topological polar surface area (TPSA) is 0 Å². The van der Waals surface area contributed by atoms with Gasteiger partial charge in [-0.25, -0.2) is 0 Å². The predicted molar refractivity (Wildman–Crippen MR) is 122 cm³/mol. The summed E-state index contributed by atoms with van der Waals surface area (Å²) in [7, 11) is 0. The summed E-state index contributed by atoms with van der Waals surface area (Å²) in [5, 5.41) is 0. The van der Waals surface area contributed by atoms with Crippen LogP contribution in [-0.2, 0) is 0 Å². The van der Waals surface area contributed by atoms with Crippen molar-refractivity contribution < 1.29 is 0 Å². The summed E-state index contributed by atoms with van der Waals surface area (Å²) in [6, 6.07) is 0. The Hall–Kier alpha value is 0. The molecule has 0 aliphatic heterocycles. The molecule has 0 saturated heterocycles. The van der Waals surface area contributed by atoms with Crippen molar-refractivity contribution in [2.75, 3.05) is 0 Å². The monoisotopic (exact) mass is 386 g/mol. The second-order valence-electron chi connectivity index (χ2n) is 12.8. The van der Waals surface area contributed by atoms with Crippen molar-refractivity contribution in [3.8, 4) is 0 Å². The Kier molecular flexibility index (Phi) is 6.27. The van der Waals surface area contributed by atoms with Gasteiger partial charge < -0.3 is 0 Å². The molecule has 162 valence electrons. The lowest BCUT2D eigenvalue weighted by molar-refractivity contribution is -0.103. The molecule has 0 aromatic rings. The average Bonchev–Trinajstić information content (AvgIpc) is 2.87. The molecule has 4 aliphatic carbocycles. The Morgan fingerprint density at radius 3 is 2.29 bits per heavy atom. The maximum absolute atomic E-state index is 2.76. The van der Waals surface area contributed by atoms with E-state index < -0.39 is 0 Å². The van der Waals surface area contributed by atoms with Gasteiger partial charge in [-0.15, -0.1) is 0 Å². The van der Waals surface area contributed by atoms with E-state index in [2.05, 4.69) is 34.6 Å². The minimum Gasteiger partial charge on any atom is -0.0628 e. The van der Waals surface area contributed by atoms with Crippen molar-refractivity contribution in [1.82, 2.24) is 0 Å². The number of fused-ring (bicyclic) bond motifs is 5. The summed E-state index contributed by atoms with van der Waals surface area (Å²) in [6.45, 7) is 12.9. The third kappa shape index (κ3) is 3.62. The van der Waals surface area contributed by atoms with Crippen LogP contribution in [0.4, 0.5) is 0 Å². The first-order valence-electron chi connectivity index (χ1n) is 13.4. The van der Waals surface area contributed by atoms with Crippen molar-refractivity contribution in [2.24, 2.45) is 52.3 Å². The van der Waals surface area contributed by atoms with Crippen LogP contribution in [0.2, 0.25) is 0 Å². The van der Waals surface area contributed by atoms with Gasteiger partial charge in [0, 0.05) is 0 Å². The van der Waals surface area contributed by atoms with E-state index in [-0.39, 0.29) is 0 Å². The SMILES string of the molecule is CC(C)CCC[C@@H](C)[C@@H]1CC[C@@H]2[C@H]3CC[C@H]4CCCCC[C@]4(C)[C@@H]3CC[C@@]21C. The molecule has 0 bridgehead atoms. The van der Waals surface area contributed by atoms with Crippen LogP contribution >= 0.6 is 0 Å². The molecule has 8 atom stereocenters. The van der Waals surface area contributed by atoms with E-state index in [1.165, 1.54) is 38.5 Å². The fraction of sp³-hybridized carbons (Fsp3) is 1.00. The molecular formula is C28H50. The van der Waals surface area contributed by atoms with E-state index >= 15 is 0 Å². The third-order valence-corrected chi connectivity index (χ3v) is 11.0. The van der Waals surface area contributed by atoms with E-state index in [4.69, 9.17) is 0 Å². The highest BCUT2D eigenvalue weighted by Crippen LogP contribution is 2.68. The molecule has 0 spiro atoms. The lowest BCUT2D eigenvalue weighted by Crippen LogP contribution is -2.52. The van der Waals surface area contributed by atoms with E-state index in [0.29, 0.717) is 10.8 Å². The lowest BCUT2D eigenvalue weighted by atomic mass is 9.46. The molecule has 4 saturated carbocycles. The zero-order chi connectivity index (χ0) is 19.9. The number of hydrogen-bond donors (Lipinski definition) is 0. The standard InChI is InChI=1S/C28H50/c1-20(2)10-9-11-21(3)24-15-16-25-23-14-13-22-12-7-6-8-18-27(22,4)26(23)17-19-28(24,25)5/h20-26H,6-19H2,1-5H3/t21-,22-,23-,24+,25-,26-,27+,28-/m1/s1. The van der Waals surface area contributed by atoms with Crippen molar-refractivity contribution >= 4 is 0 Å². The molecular weight excluding hydrogens is 336 g/mol. The highest BCUT2D eigenvalue weighted by molar-refractivity contribution is 5.08. The van der Waals surface area contributed by atoms with Crippen molar-refractivity contribution in [3.63, 3.8) is 0 Å². The van der Waals surface area contributed by atoms with Crippen molar-refractivity contribution in [1.29, 1.82) is 0 Å². The van der Waals surface area contributed by atoms with Gasteiger partial charge in [0.15, 0.2) is 0 Å². The molecule has 0 unspecified atom stereocenters. The molecule has 4 aliphatic rings. The van der Waals surface area contributed by atoms with Gasteiger partial charge in [-0.3, -0.25) is 0 Å². The molecule has 0 nitrogen and oxygen atoms in total. The van der Waals surface area contributed by atoms with Crippen LogP contribution in [0.3, 0.4) is 0 Å². The first-order chi connectivity index (χ1) is 13.4. The Morgan fingerprint density at radius 2 is 1.50 bits per heavy atom. The second kappa shape index (κ2) is 8.26.